The average Bonchev–Trinajstić information content (AvgIpc) is 3.09. The van der Waals surface area contributed by atoms with Gasteiger partial charge >= 0.3 is 0 Å². The monoisotopic (exact) mass is 280 g/mol. The Balaban J connectivity index is 1.66. The van der Waals surface area contributed by atoms with Crippen molar-refractivity contribution in [2.24, 2.45) is 0 Å². The minimum absolute atomic E-state index is 0.304. The van der Waals surface area contributed by atoms with E-state index in [-0.39, 0.29) is 0 Å². The zero-order valence-electron chi connectivity index (χ0n) is 11.0. The molecule has 1 unspecified atom stereocenters. The molecule has 2 fully saturated rings. The molecule has 1 atom stereocenters. The lowest BCUT2D eigenvalue weighted by Crippen LogP contribution is -2.23. The van der Waals surface area contributed by atoms with Crippen molar-refractivity contribution in [3.8, 4) is 0 Å². The molecular formula is C12H20N6S. The van der Waals surface area contributed by atoms with Crippen LogP contribution in [0.5, 0.6) is 0 Å². The Bertz CT molecular complexity index is 428. The van der Waals surface area contributed by atoms with Crippen molar-refractivity contribution in [2.45, 2.75) is 30.9 Å². The van der Waals surface area contributed by atoms with Crippen LogP contribution in [-0.2, 0) is 0 Å². The van der Waals surface area contributed by atoms with Crippen LogP contribution in [0.4, 0.5) is 17.8 Å². The van der Waals surface area contributed by atoms with Crippen LogP contribution in [0.1, 0.15) is 25.7 Å². The van der Waals surface area contributed by atoms with Gasteiger partial charge in [0, 0.05) is 24.9 Å². The number of nitrogens with two attached hydrogens (primary N) is 1. The number of anilines is 3. The zero-order chi connectivity index (χ0) is 13.1. The molecule has 0 saturated carbocycles. The molecule has 0 radical (unpaired) electrons. The molecule has 0 spiro atoms. The molecule has 0 aromatic carbocycles. The van der Waals surface area contributed by atoms with Crippen molar-refractivity contribution in [1.29, 1.82) is 0 Å². The summed E-state index contributed by atoms with van der Waals surface area (Å²) in [6.45, 7) is 2.94. The number of aromatic nitrogens is 3. The molecule has 0 bridgehead atoms. The Hall–Kier alpha value is -1.24. The first-order valence-electron chi connectivity index (χ1n) is 6.93. The van der Waals surface area contributed by atoms with Gasteiger partial charge in [-0.15, -0.1) is 0 Å². The van der Waals surface area contributed by atoms with Crippen LogP contribution in [0.15, 0.2) is 0 Å². The van der Waals surface area contributed by atoms with Crippen molar-refractivity contribution in [1.82, 2.24) is 15.0 Å². The summed E-state index contributed by atoms with van der Waals surface area (Å²) < 4.78 is 0. The van der Waals surface area contributed by atoms with Crippen molar-refractivity contribution in [2.75, 3.05) is 41.3 Å². The van der Waals surface area contributed by atoms with E-state index in [1.165, 1.54) is 31.4 Å². The van der Waals surface area contributed by atoms with Gasteiger partial charge in [0.25, 0.3) is 0 Å². The minimum atomic E-state index is 0.304. The Morgan fingerprint density at radius 1 is 1.21 bits per heavy atom. The van der Waals surface area contributed by atoms with E-state index in [1.54, 1.807) is 0 Å². The van der Waals surface area contributed by atoms with Gasteiger partial charge in [-0.3, -0.25) is 0 Å². The molecule has 1 aromatic heterocycles. The van der Waals surface area contributed by atoms with Crippen LogP contribution in [0.25, 0.3) is 0 Å². The number of hydrogen-bond acceptors (Lipinski definition) is 7. The van der Waals surface area contributed by atoms with Gasteiger partial charge in [0.2, 0.25) is 17.8 Å². The highest BCUT2D eigenvalue weighted by Gasteiger charge is 2.18. The van der Waals surface area contributed by atoms with Crippen LogP contribution in [0.3, 0.4) is 0 Å². The Morgan fingerprint density at radius 2 is 2.05 bits per heavy atom. The third kappa shape index (κ3) is 3.20. The molecule has 0 amide bonds. The second-order valence-corrected chi connectivity index (χ2v) is 6.44. The normalized spacial score (nSPS) is 22.9. The Kier molecular flexibility index (Phi) is 3.91. The summed E-state index contributed by atoms with van der Waals surface area (Å²) in [5, 5.41) is 3.98. The molecule has 3 heterocycles. The number of rotatable bonds is 4. The van der Waals surface area contributed by atoms with Gasteiger partial charge < -0.3 is 16.0 Å². The molecule has 3 rings (SSSR count). The summed E-state index contributed by atoms with van der Waals surface area (Å²) >= 11 is 2.02. The third-order valence-electron chi connectivity index (χ3n) is 3.54. The molecular weight excluding hydrogens is 260 g/mol. The molecule has 2 aliphatic rings. The SMILES string of the molecule is Nc1nc(NCC2CCCS2)nc(N2CCCC2)n1. The first-order valence-corrected chi connectivity index (χ1v) is 7.98. The molecule has 1 aromatic rings. The fraction of sp³-hybridized carbons (Fsp3) is 0.750. The fourth-order valence-corrected chi connectivity index (χ4v) is 3.73. The second-order valence-electron chi connectivity index (χ2n) is 5.03. The minimum Gasteiger partial charge on any atom is -0.368 e. The lowest BCUT2D eigenvalue weighted by atomic mass is 10.2. The van der Waals surface area contributed by atoms with Crippen molar-refractivity contribution in [3.63, 3.8) is 0 Å². The van der Waals surface area contributed by atoms with E-state index in [0.717, 1.165) is 19.6 Å². The van der Waals surface area contributed by atoms with E-state index in [4.69, 9.17) is 5.73 Å². The highest BCUT2D eigenvalue weighted by molar-refractivity contribution is 8.00. The van der Waals surface area contributed by atoms with E-state index in [9.17, 15) is 0 Å². The van der Waals surface area contributed by atoms with Crippen LogP contribution >= 0.6 is 11.8 Å². The third-order valence-corrected chi connectivity index (χ3v) is 4.94. The van der Waals surface area contributed by atoms with Gasteiger partial charge in [0.05, 0.1) is 0 Å². The summed E-state index contributed by atoms with van der Waals surface area (Å²) in [6, 6.07) is 0. The number of nitrogens with one attached hydrogen (secondary N) is 1. The van der Waals surface area contributed by atoms with Crippen molar-refractivity contribution >= 4 is 29.6 Å². The van der Waals surface area contributed by atoms with Gasteiger partial charge in [-0.2, -0.15) is 26.7 Å². The quantitative estimate of drug-likeness (QED) is 0.862. The largest absolute Gasteiger partial charge is 0.368 e. The van der Waals surface area contributed by atoms with E-state index >= 15 is 0 Å². The second kappa shape index (κ2) is 5.81. The molecule has 2 aliphatic heterocycles. The van der Waals surface area contributed by atoms with Crippen molar-refractivity contribution in [3.05, 3.63) is 0 Å². The first-order chi connectivity index (χ1) is 9.31. The van der Waals surface area contributed by atoms with E-state index in [0.29, 0.717) is 23.1 Å². The van der Waals surface area contributed by atoms with Gasteiger partial charge in [-0.1, -0.05) is 0 Å². The van der Waals surface area contributed by atoms with Crippen LogP contribution in [0, 0.1) is 0 Å². The standard InChI is InChI=1S/C12H20N6S/c13-10-15-11(14-8-9-4-3-7-19-9)17-12(16-10)18-5-1-2-6-18/h9H,1-8H2,(H3,13,14,15,16,17). The maximum absolute atomic E-state index is 5.78. The summed E-state index contributed by atoms with van der Waals surface area (Å²) in [5.41, 5.74) is 5.78. The molecule has 0 aliphatic carbocycles. The molecule has 3 N–H and O–H groups in total. The van der Waals surface area contributed by atoms with E-state index in [2.05, 4.69) is 25.2 Å². The molecule has 104 valence electrons. The van der Waals surface area contributed by atoms with E-state index in [1.807, 2.05) is 11.8 Å². The summed E-state index contributed by atoms with van der Waals surface area (Å²) in [7, 11) is 0. The smallest absolute Gasteiger partial charge is 0.231 e. The Labute approximate surface area is 117 Å². The van der Waals surface area contributed by atoms with Gasteiger partial charge in [-0.05, 0) is 31.4 Å². The molecule has 19 heavy (non-hydrogen) atoms. The molecule has 2 saturated heterocycles. The van der Waals surface area contributed by atoms with Gasteiger partial charge in [0.1, 0.15) is 0 Å². The van der Waals surface area contributed by atoms with Crippen molar-refractivity contribution < 1.29 is 0 Å². The average molecular weight is 280 g/mol. The summed E-state index contributed by atoms with van der Waals surface area (Å²) in [5.74, 6) is 2.90. The number of nitrogens with zero attached hydrogens (tertiary/aromatic N) is 4. The van der Waals surface area contributed by atoms with Crippen LogP contribution in [0.2, 0.25) is 0 Å². The maximum atomic E-state index is 5.78. The number of thioether (sulfide) groups is 1. The molecule has 6 nitrogen and oxygen atoms in total. The number of hydrogen-bond donors (Lipinski definition) is 2. The Morgan fingerprint density at radius 3 is 2.79 bits per heavy atom. The van der Waals surface area contributed by atoms with Crippen LogP contribution < -0.4 is 16.0 Å². The zero-order valence-corrected chi connectivity index (χ0v) is 11.8. The predicted molar refractivity (Wildman–Crippen MR) is 79.7 cm³/mol. The van der Waals surface area contributed by atoms with E-state index < -0.39 is 0 Å². The lowest BCUT2D eigenvalue weighted by molar-refractivity contribution is 0.797. The maximum Gasteiger partial charge on any atom is 0.231 e. The highest BCUT2D eigenvalue weighted by atomic mass is 32.2. The number of nitrogen functional groups attached to an aromatic ring is 1. The topological polar surface area (TPSA) is 80.0 Å². The first kappa shape index (κ1) is 12.8. The fourth-order valence-electron chi connectivity index (χ4n) is 2.53. The lowest BCUT2D eigenvalue weighted by Gasteiger charge is -2.16. The van der Waals surface area contributed by atoms with Gasteiger partial charge in [-0.25, -0.2) is 0 Å². The predicted octanol–water partition coefficient (Wildman–Crippen LogP) is 1.36. The summed E-state index contributed by atoms with van der Waals surface area (Å²) in [4.78, 5) is 15.1. The van der Waals surface area contributed by atoms with Crippen LogP contribution in [-0.4, -0.2) is 45.6 Å². The van der Waals surface area contributed by atoms with Gasteiger partial charge in [0.15, 0.2) is 0 Å². The summed E-state index contributed by atoms with van der Waals surface area (Å²) in [6.07, 6.45) is 4.99. The highest BCUT2D eigenvalue weighted by Crippen LogP contribution is 2.26. The molecule has 7 heteroatoms.